The molecular formula is C31H35FN2O2. The monoisotopic (exact) mass is 486 g/mol. The second-order valence-corrected chi connectivity index (χ2v) is 9.82. The number of halogens is 1. The molecular weight excluding hydrogens is 451 g/mol. The molecule has 1 atom stereocenters. The maximum Gasteiger partial charge on any atom is 0.243 e. The first-order chi connectivity index (χ1) is 17.5. The van der Waals surface area contributed by atoms with E-state index in [-0.39, 0.29) is 30.8 Å². The van der Waals surface area contributed by atoms with E-state index < -0.39 is 11.9 Å². The highest BCUT2D eigenvalue weighted by atomic mass is 19.1. The summed E-state index contributed by atoms with van der Waals surface area (Å²) in [4.78, 5) is 29.1. The quantitative estimate of drug-likeness (QED) is 0.418. The third-order valence-corrected chi connectivity index (χ3v) is 7.00. The average molecular weight is 487 g/mol. The Kier molecular flexibility index (Phi) is 8.88. The van der Waals surface area contributed by atoms with Gasteiger partial charge in [0, 0.05) is 19.0 Å². The highest BCUT2D eigenvalue weighted by Gasteiger charge is 2.32. The van der Waals surface area contributed by atoms with Gasteiger partial charge in [0.25, 0.3) is 0 Å². The van der Waals surface area contributed by atoms with Crippen molar-refractivity contribution >= 4 is 11.8 Å². The second-order valence-electron chi connectivity index (χ2n) is 9.82. The predicted molar refractivity (Wildman–Crippen MR) is 141 cm³/mol. The van der Waals surface area contributed by atoms with Crippen LogP contribution in [0.15, 0.2) is 78.9 Å². The third-order valence-electron chi connectivity index (χ3n) is 7.00. The van der Waals surface area contributed by atoms with Crippen LogP contribution >= 0.6 is 0 Å². The zero-order chi connectivity index (χ0) is 25.3. The molecule has 4 rings (SSSR count). The lowest BCUT2D eigenvalue weighted by atomic mass is 9.94. The SMILES string of the molecule is Cc1ccc(CN(C(=O)Cc2ccccc2F)C(Cc2ccccc2)C(=O)NC2CCCCC2)cc1. The average Bonchev–Trinajstić information content (AvgIpc) is 2.89. The smallest absolute Gasteiger partial charge is 0.243 e. The van der Waals surface area contributed by atoms with Crippen LogP contribution in [0.3, 0.4) is 0 Å². The van der Waals surface area contributed by atoms with Crippen molar-refractivity contribution in [2.24, 2.45) is 0 Å². The molecule has 1 fully saturated rings. The molecule has 1 saturated carbocycles. The topological polar surface area (TPSA) is 49.4 Å². The summed E-state index contributed by atoms with van der Waals surface area (Å²) in [5.74, 6) is -0.812. The maximum atomic E-state index is 14.5. The summed E-state index contributed by atoms with van der Waals surface area (Å²) in [5, 5.41) is 3.24. The van der Waals surface area contributed by atoms with Gasteiger partial charge in [-0.05, 0) is 42.5 Å². The van der Waals surface area contributed by atoms with Crippen molar-refractivity contribution in [2.75, 3.05) is 0 Å². The molecule has 188 valence electrons. The molecule has 0 aromatic heterocycles. The standard InChI is InChI=1S/C31H35FN2O2/c1-23-16-18-25(19-17-23)22-34(30(35)21-26-12-8-9-15-28(26)32)29(20-24-10-4-2-5-11-24)31(36)33-27-13-6-3-7-14-27/h2,4-5,8-12,15-19,27,29H,3,6-7,13-14,20-22H2,1H3,(H,33,36). The highest BCUT2D eigenvalue weighted by molar-refractivity contribution is 5.89. The summed E-state index contributed by atoms with van der Waals surface area (Å²) in [6.45, 7) is 2.30. The number of hydrogen-bond donors (Lipinski definition) is 1. The van der Waals surface area contributed by atoms with Crippen molar-refractivity contribution in [3.05, 3.63) is 107 Å². The van der Waals surface area contributed by atoms with Gasteiger partial charge in [0.15, 0.2) is 0 Å². The van der Waals surface area contributed by atoms with Crippen molar-refractivity contribution in [1.29, 1.82) is 0 Å². The van der Waals surface area contributed by atoms with Gasteiger partial charge in [-0.2, -0.15) is 0 Å². The molecule has 0 heterocycles. The molecule has 4 nitrogen and oxygen atoms in total. The number of nitrogens with one attached hydrogen (secondary N) is 1. The Morgan fingerprint density at radius 2 is 1.56 bits per heavy atom. The van der Waals surface area contributed by atoms with E-state index in [0.717, 1.165) is 42.4 Å². The molecule has 0 radical (unpaired) electrons. The number of carbonyl (C=O) groups excluding carboxylic acids is 2. The summed E-state index contributed by atoms with van der Waals surface area (Å²) in [5.41, 5.74) is 3.38. The molecule has 2 amide bonds. The molecule has 1 aliphatic rings. The fraction of sp³-hybridized carbons (Fsp3) is 0.355. The van der Waals surface area contributed by atoms with Crippen LogP contribution in [0, 0.1) is 12.7 Å². The fourth-order valence-corrected chi connectivity index (χ4v) is 4.89. The van der Waals surface area contributed by atoms with Crippen molar-refractivity contribution in [2.45, 2.75) is 70.5 Å². The lowest BCUT2D eigenvalue weighted by molar-refractivity contribution is -0.141. The molecule has 1 unspecified atom stereocenters. The van der Waals surface area contributed by atoms with Crippen LogP contribution in [0.4, 0.5) is 4.39 Å². The van der Waals surface area contributed by atoms with Gasteiger partial charge in [0.2, 0.25) is 11.8 Å². The van der Waals surface area contributed by atoms with E-state index >= 15 is 0 Å². The molecule has 1 N–H and O–H groups in total. The van der Waals surface area contributed by atoms with Gasteiger partial charge >= 0.3 is 0 Å². The van der Waals surface area contributed by atoms with Crippen LogP contribution in [0.5, 0.6) is 0 Å². The highest BCUT2D eigenvalue weighted by Crippen LogP contribution is 2.21. The first-order valence-corrected chi connectivity index (χ1v) is 12.9. The third kappa shape index (κ3) is 7.03. The minimum absolute atomic E-state index is 0.0967. The molecule has 3 aromatic rings. The second kappa shape index (κ2) is 12.5. The Balaban J connectivity index is 1.65. The van der Waals surface area contributed by atoms with Gasteiger partial charge in [-0.25, -0.2) is 4.39 Å². The largest absolute Gasteiger partial charge is 0.352 e. The van der Waals surface area contributed by atoms with E-state index in [4.69, 9.17) is 0 Å². The molecule has 0 bridgehead atoms. The molecule has 3 aromatic carbocycles. The Morgan fingerprint density at radius 3 is 2.25 bits per heavy atom. The van der Waals surface area contributed by atoms with Gasteiger partial charge in [0.1, 0.15) is 11.9 Å². The van der Waals surface area contributed by atoms with E-state index in [1.807, 2.05) is 61.5 Å². The minimum Gasteiger partial charge on any atom is -0.352 e. The Morgan fingerprint density at radius 1 is 0.889 bits per heavy atom. The number of aryl methyl sites for hydroxylation is 1. The summed E-state index contributed by atoms with van der Waals surface area (Å²) < 4.78 is 14.5. The summed E-state index contributed by atoms with van der Waals surface area (Å²) >= 11 is 0. The zero-order valence-corrected chi connectivity index (χ0v) is 21.0. The number of nitrogens with zero attached hydrogens (tertiary/aromatic N) is 1. The summed E-state index contributed by atoms with van der Waals surface area (Å²) in [7, 11) is 0. The normalized spacial score (nSPS) is 14.7. The van der Waals surface area contributed by atoms with Crippen molar-refractivity contribution < 1.29 is 14.0 Å². The van der Waals surface area contributed by atoms with E-state index in [1.54, 1.807) is 23.1 Å². The number of amides is 2. The number of rotatable bonds is 9. The van der Waals surface area contributed by atoms with Gasteiger partial charge < -0.3 is 10.2 Å². The lowest BCUT2D eigenvalue weighted by Gasteiger charge is -2.33. The first-order valence-electron chi connectivity index (χ1n) is 12.9. The van der Waals surface area contributed by atoms with Gasteiger partial charge in [-0.15, -0.1) is 0 Å². The van der Waals surface area contributed by atoms with Crippen LogP contribution in [0.2, 0.25) is 0 Å². The molecule has 0 saturated heterocycles. The Hall–Kier alpha value is -3.47. The molecule has 0 spiro atoms. The lowest BCUT2D eigenvalue weighted by Crippen LogP contribution is -2.53. The molecule has 36 heavy (non-hydrogen) atoms. The van der Waals surface area contributed by atoms with E-state index in [0.29, 0.717) is 12.0 Å². The van der Waals surface area contributed by atoms with Crippen molar-refractivity contribution in [3.8, 4) is 0 Å². The maximum absolute atomic E-state index is 14.5. The fourth-order valence-electron chi connectivity index (χ4n) is 4.89. The summed E-state index contributed by atoms with van der Waals surface area (Å²) in [6.07, 6.45) is 5.63. The first kappa shape index (κ1) is 25.6. The van der Waals surface area contributed by atoms with Gasteiger partial charge in [-0.3, -0.25) is 9.59 Å². The molecule has 5 heteroatoms. The number of hydrogen-bond acceptors (Lipinski definition) is 2. The van der Waals surface area contributed by atoms with Crippen LogP contribution in [-0.4, -0.2) is 28.8 Å². The zero-order valence-electron chi connectivity index (χ0n) is 21.0. The minimum atomic E-state index is -0.699. The molecule has 0 aliphatic heterocycles. The van der Waals surface area contributed by atoms with E-state index in [1.165, 1.54) is 12.5 Å². The van der Waals surface area contributed by atoms with Gasteiger partial charge in [0.05, 0.1) is 6.42 Å². The summed E-state index contributed by atoms with van der Waals surface area (Å²) in [6, 6.07) is 23.5. The van der Waals surface area contributed by atoms with E-state index in [2.05, 4.69) is 5.32 Å². The predicted octanol–water partition coefficient (Wildman–Crippen LogP) is 5.77. The van der Waals surface area contributed by atoms with Crippen molar-refractivity contribution in [1.82, 2.24) is 10.2 Å². The van der Waals surface area contributed by atoms with E-state index in [9.17, 15) is 14.0 Å². The number of carbonyl (C=O) groups is 2. The van der Waals surface area contributed by atoms with Crippen LogP contribution in [0.1, 0.15) is 54.4 Å². The van der Waals surface area contributed by atoms with Crippen LogP contribution < -0.4 is 5.32 Å². The Labute approximate surface area is 213 Å². The Bertz CT molecular complexity index is 1140. The van der Waals surface area contributed by atoms with Crippen molar-refractivity contribution in [3.63, 3.8) is 0 Å². The number of benzene rings is 3. The molecule has 1 aliphatic carbocycles. The van der Waals surface area contributed by atoms with Gasteiger partial charge in [-0.1, -0.05) is 97.6 Å². The van der Waals surface area contributed by atoms with Crippen LogP contribution in [-0.2, 0) is 29.0 Å². The van der Waals surface area contributed by atoms with Crippen LogP contribution in [0.25, 0.3) is 0 Å².